The van der Waals surface area contributed by atoms with Crippen molar-refractivity contribution in [2.24, 2.45) is 0 Å². The Morgan fingerprint density at radius 2 is 1.75 bits per heavy atom. The molecule has 0 aromatic heterocycles. The van der Waals surface area contributed by atoms with Gasteiger partial charge in [-0.05, 0) is 50.6 Å². The summed E-state index contributed by atoms with van der Waals surface area (Å²) in [6.45, 7) is 5.79. The molecule has 0 unspecified atom stereocenters. The van der Waals surface area contributed by atoms with Crippen LogP contribution in [0.1, 0.15) is 38.2 Å². The summed E-state index contributed by atoms with van der Waals surface area (Å²) in [7, 11) is 0. The van der Waals surface area contributed by atoms with E-state index in [0.29, 0.717) is 6.42 Å². The summed E-state index contributed by atoms with van der Waals surface area (Å²) >= 11 is 0. The second kappa shape index (κ2) is 8.05. The third-order valence-electron chi connectivity index (χ3n) is 3.75. The molecule has 1 fully saturated rings. The van der Waals surface area contributed by atoms with Crippen LogP contribution in [-0.4, -0.2) is 36.9 Å². The zero-order valence-electron chi connectivity index (χ0n) is 12.4. The van der Waals surface area contributed by atoms with Crippen LogP contribution in [0, 0.1) is 0 Å². The fourth-order valence-electron chi connectivity index (χ4n) is 2.64. The first-order valence-electron chi connectivity index (χ1n) is 7.67. The van der Waals surface area contributed by atoms with Crippen LogP contribution in [0.3, 0.4) is 0 Å². The van der Waals surface area contributed by atoms with Crippen LogP contribution in [0.15, 0.2) is 24.3 Å². The number of ketones is 1. The highest BCUT2D eigenvalue weighted by Crippen LogP contribution is 2.13. The van der Waals surface area contributed by atoms with E-state index in [-0.39, 0.29) is 5.78 Å². The lowest BCUT2D eigenvalue weighted by Crippen LogP contribution is -2.29. The molecule has 1 aromatic carbocycles. The first-order valence-corrected chi connectivity index (χ1v) is 7.67. The molecule has 0 N–H and O–H groups in total. The number of rotatable bonds is 6. The Bertz CT molecular complexity index is 406. The number of Topliss-reactive ketones (excluding diaryl/α,β-unsaturated/α-hetero) is 1. The van der Waals surface area contributed by atoms with Gasteiger partial charge in [0.25, 0.3) is 0 Å². The smallest absolute Gasteiger partial charge is 0.134 e. The summed E-state index contributed by atoms with van der Waals surface area (Å²) in [5.74, 6) is 1.09. The molecule has 3 nitrogen and oxygen atoms in total. The monoisotopic (exact) mass is 275 g/mol. The van der Waals surface area contributed by atoms with Crippen molar-refractivity contribution in [3.8, 4) is 5.75 Å². The number of carbonyl (C=O) groups is 1. The molecule has 1 aliphatic heterocycles. The highest BCUT2D eigenvalue weighted by atomic mass is 16.5. The molecular formula is C17H25NO2. The molecule has 0 spiro atoms. The number of carbonyl (C=O) groups excluding carboxylic acids is 1. The largest absolute Gasteiger partial charge is 0.492 e. The van der Waals surface area contributed by atoms with Gasteiger partial charge in [-0.1, -0.05) is 25.0 Å². The average Bonchev–Trinajstić information content (AvgIpc) is 2.69. The van der Waals surface area contributed by atoms with Crippen molar-refractivity contribution in [1.29, 1.82) is 0 Å². The van der Waals surface area contributed by atoms with Crippen molar-refractivity contribution in [3.05, 3.63) is 29.8 Å². The van der Waals surface area contributed by atoms with E-state index in [2.05, 4.69) is 4.90 Å². The molecule has 0 radical (unpaired) electrons. The van der Waals surface area contributed by atoms with Crippen molar-refractivity contribution < 1.29 is 9.53 Å². The normalized spacial score (nSPS) is 16.6. The summed E-state index contributed by atoms with van der Waals surface area (Å²) < 4.78 is 5.78. The molecule has 1 aliphatic rings. The lowest BCUT2D eigenvalue weighted by Gasteiger charge is -2.19. The minimum absolute atomic E-state index is 0.194. The minimum Gasteiger partial charge on any atom is -0.492 e. The number of nitrogens with zero attached hydrogens (tertiary/aromatic N) is 1. The van der Waals surface area contributed by atoms with E-state index in [9.17, 15) is 4.79 Å². The molecule has 1 saturated heterocycles. The third-order valence-corrected chi connectivity index (χ3v) is 3.75. The minimum atomic E-state index is 0.194. The Hall–Kier alpha value is -1.35. The summed E-state index contributed by atoms with van der Waals surface area (Å²) in [5, 5.41) is 0. The Kier molecular flexibility index (Phi) is 6.06. The van der Waals surface area contributed by atoms with Gasteiger partial charge in [0, 0.05) is 13.0 Å². The zero-order valence-corrected chi connectivity index (χ0v) is 12.4. The van der Waals surface area contributed by atoms with Crippen LogP contribution in [0.2, 0.25) is 0 Å². The lowest BCUT2D eigenvalue weighted by atomic mass is 10.1. The number of hydrogen-bond donors (Lipinski definition) is 0. The molecule has 1 aromatic rings. The highest BCUT2D eigenvalue weighted by Gasteiger charge is 2.08. The summed E-state index contributed by atoms with van der Waals surface area (Å²) in [6, 6.07) is 7.87. The molecule has 0 saturated carbocycles. The van der Waals surface area contributed by atoms with E-state index in [1.807, 2.05) is 24.3 Å². The molecule has 0 atom stereocenters. The van der Waals surface area contributed by atoms with Gasteiger partial charge < -0.3 is 4.74 Å². The van der Waals surface area contributed by atoms with E-state index in [1.165, 1.54) is 38.8 Å². The molecule has 2 rings (SSSR count). The maximum Gasteiger partial charge on any atom is 0.134 e. The standard InChI is InChI=1S/C17H25NO2/c1-15(19)14-16-6-8-17(9-7-16)20-13-12-18-10-4-2-3-5-11-18/h6-9H,2-5,10-14H2,1H3. The van der Waals surface area contributed by atoms with Gasteiger partial charge in [-0.3, -0.25) is 9.69 Å². The fraction of sp³-hybridized carbons (Fsp3) is 0.588. The van der Waals surface area contributed by atoms with Crippen LogP contribution >= 0.6 is 0 Å². The van der Waals surface area contributed by atoms with Crippen molar-refractivity contribution in [2.45, 2.75) is 39.0 Å². The summed E-state index contributed by atoms with van der Waals surface area (Å²) in [4.78, 5) is 13.5. The van der Waals surface area contributed by atoms with Crippen molar-refractivity contribution in [3.63, 3.8) is 0 Å². The second-order valence-electron chi connectivity index (χ2n) is 5.63. The first kappa shape index (κ1) is 15.0. The van der Waals surface area contributed by atoms with Gasteiger partial charge in [-0.25, -0.2) is 0 Å². The van der Waals surface area contributed by atoms with Gasteiger partial charge >= 0.3 is 0 Å². The van der Waals surface area contributed by atoms with Crippen LogP contribution in [-0.2, 0) is 11.2 Å². The van der Waals surface area contributed by atoms with Gasteiger partial charge in [0.2, 0.25) is 0 Å². The van der Waals surface area contributed by atoms with E-state index in [1.54, 1.807) is 6.92 Å². The maximum absolute atomic E-state index is 11.0. The summed E-state index contributed by atoms with van der Waals surface area (Å²) in [5.41, 5.74) is 1.05. The van der Waals surface area contributed by atoms with Crippen LogP contribution < -0.4 is 4.74 Å². The van der Waals surface area contributed by atoms with Gasteiger partial charge in [0.05, 0.1) is 0 Å². The van der Waals surface area contributed by atoms with Crippen LogP contribution in [0.5, 0.6) is 5.75 Å². The quantitative estimate of drug-likeness (QED) is 0.799. The van der Waals surface area contributed by atoms with Gasteiger partial charge in [0.1, 0.15) is 18.1 Å². The molecule has 0 aliphatic carbocycles. The summed E-state index contributed by atoms with van der Waals surface area (Å²) in [6.07, 6.45) is 5.89. The SMILES string of the molecule is CC(=O)Cc1ccc(OCCN2CCCCCC2)cc1. The van der Waals surface area contributed by atoms with Gasteiger partial charge in [-0.15, -0.1) is 0 Å². The predicted octanol–water partition coefficient (Wildman–Crippen LogP) is 3.07. The van der Waals surface area contributed by atoms with E-state index < -0.39 is 0 Å². The fourth-order valence-corrected chi connectivity index (χ4v) is 2.64. The molecule has 110 valence electrons. The first-order chi connectivity index (χ1) is 9.74. The topological polar surface area (TPSA) is 29.5 Å². The maximum atomic E-state index is 11.0. The van der Waals surface area contributed by atoms with E-state index >= 15 is 0 Å². The second-order valence-corrected chi connectivity index (χ2v) is 5.63. The Morgan fingerprint density at radius 3 is 2.35 bits per heavy atom. The molecule has 20 heavy (non-hydrogen) atoms. The number of benzene rings is 1. The Labute approximate surface area is 121 Å². The third kappa shape index (κ3) is 5.33. The molecule has 0 bridgehead atoms. The van der Waals surface area contributed by atoms with E-state index in [0.717, 1.165) is 24.5 Å². The molecule has 1 heterocycles. The highest BCUT2D eigenvalue weighted by molar-refractivity contribution is 5.78. The predicted molar refractivity (Wildman–Crippen MR) is 81.2 cm³/mol. The average molecular weight is 275 g/mol. The molecular weight excluding hydrogens is 250 g/mol. The number of likely N-dealkylation sites (tertiary alicyclic amines) is 1. The molecule has 3 heteroatoms. The number of hydrogen-bond acceptors (Lipinski definition) is 3. The van der Waals surface area contributed by atoms with Gasteiger partial charge in [0.15, 0.2) is 0 Å². The van der Waals surface area contributed by atoms with Crippen molar-refractivity contribution >= 4 is 5.78 Å². The van der Waals surface area contributed by atoms with Crippen LogP contribution in [0.25, 0.3) is 0 Å². The Balaban J connectivity index is 1.71. The number of ether oxygens (including phenoxy) is 1. The lowest BCUT2D eigenvalue weighted by molar-refractivity contribution is -0.116. The van der Waals surface area contributed by atoms with E-state index in [4.69, 9.17) is 4.74 Å². The molecule has 0 amide bonds. The van der Waals surface area contributed by atoms with Crippen molar-refractivity contribution in [1.82, 2.24) is 4.90 Å². The zero-order chi connectivity index (χ0) is 14.2. The van der Waals surface area contributed by atoms with Crippen LogP contribution in [0.4, 0.5) is 0 Å². The van der Waals surface area contributed by atoms with Gasteiger partial charge in [-0.2, -0.15) is 0 Å². The van der Waals surface area contributed by atoms with Crippen molar-refractivity contribution in [2.75, 3.05) is 26.2 Å². The Morgan fingerprint density at radius 1 is 1.10 bits per heavy atom.